The van der Waals surface area contributed by atoms with Gasteiger partial charge in [-0.25, -0.2) is 8.42 Å². The summed E-state index contributed by atoms with van der Waals surface area (Å²) in [6, 6.07) is 7.00. The predicted octanol–water partition coefficient (Wildman–Crippen LogP) is 1.84. The van der Waals surface area contributed by atoms with Crippen molar-refractivity contribution >= 4 is 21.8 Å². The van der Waals surface area contributed by atoms with E-state index in [1.165, 1.54) is 33.5 Å². The van der Waals surface area contributed by atoms with Crippen LogP contribution in [0.1, 0.15) is 44.5 Å². The molecule has 1 unspecified atom stereocenters. The third kappa shape index (κ3) is 6.27. The van der Waals surface area contributed by atoms with Gasteiger partial charge in [-0.1, -0.05) is 33.8 Å². The Morgan fingerprint density at radius 3 is 2.34 bits per heavy atom. The summed E-state index contributed by atoms with van der Waals surface area (Å²) in [5.74, 6) is -1.00. The molecule has 1 aromatic rings. The van der Waals surface area contributed by atoms with E-state index in [1.54, 1.807) is 20.9 Å². The fourth-order valence-corrected chi connectivity index (χ4v) is 4.32. The lowest BCUT2D eigenvalue weighted by Crippen LogP contribution is -2.50. The van der Waals surface area contributed by atoms with Crippen molar-refractivity contribution in [1.29, 1.82) is 5.26 Å². The van der Waals surface area contributed by atoms with Crippen molar-refractivity contribution in [3.63, 3.8) is 0 Å². The zero-order valence-electron chi connectivity index (χ0n) is 17.7. The van der Waals surface area contributed by atoms with E-state index in [2.05, 4.69) is 5.32 Å². The molecule has 0 bridgehead atoms. The van der Waals surface area contributed by atoms with Crippen molar-refractivity contribution in [3.05, 3.63) is 29.8 Å². The molecule has 0 spiro atoms. The molecule has 0 saturated heterocycles. The van der Waals surface area contributed by atoms with Crippen LogP contribution < -0.4 is 5.32 Å². The van der Waals surface area contributed by atoms with Crippen LogP contribution in [-0.4, -0.2) is 62.2 Å². The van der Waals surface area contributed by atoms with Crippen LogP contribution in [0.15, 0.2) is 29.2 Å². The van der Waals surface area contributed by atoms with E-state index in [-0.39, 0.29) is 35.2 Å². The molecule has 8 nitrogen and oxygen atoms in total. The van der Waals surface area contributed by atoms with Crippen LogP contribution in [0, 0.1) is 17.2 Å². The Morgan fingerprint density at radius 2 is 1.83 bits per heavy atom. The maximum atomic E-state index is 12.7. The minimum absolute atomic E-state index is 0.0346. The molecule has 0 aromatic heterocycles. The third-order valence-electron chi connectivity index (χ3n) is 4.59. The predicted molar refractivity (Wildman–Crippen MR) is 111 cm³/mol. The summed E-state index contributed by atoms with van der Waals surface area (Å²) in [5, 5.41) is 11.4. The highest BCUT2D eigenvalue weighted by Gasteiger charge is 2.28. The molecule has 1 aromatic carbocycles. The zero-order chi connectivity index (χ0) is 22.2. The third-order valence-corrected chi connectivity index (χ3v) is 6.64. The van der Waals surface area contributed by atoms with Crippen molar-refractivity contribution in [2.24, 2.45) is 5.92 Å². The van der Waals surface area contributed by atoms with Crippen LogP contribution in [0.25, 0.3) is 0 Å². The second-order valence-corrected chi connectivity index (χ2v) is 8.92. The number of carbonyl (C=O) groups excluding carboxylic acids is 2. The standard InChI is InChI=1S/C20H30N4O4S/c1-6-24(7-2)29(27,28)17-11-8-10-16(14-17)19(25)22-18(15(3)4)20(26)23(5)13-9-12-21/h8,10-11,14-15,18H,6-7,9,13H2,1-5H3,(H,22,25). The summed E-state index contributed by atoms with van der Waals surface area (Å²) < 4.78 is 26.7. The van der Waals surface area contributed by atoms with E-state index in [0.717, 1.165) is 0 Å². The van der Waals surface area contributed by atoms with Gasteiger partial charge >= 0.3 is 0 Å². The highest BCUT2D eigenvalue weighted by Crippen LogP contribution is 2.17. The summed E-state index contributed by atoms with van der Waals surface area (Å²) >= 11 is 0. The molecular weight excluding hydrogens is 392 g/mol. The lowest BCUT2D eigenvalue weighted by atomic mass is 10.0. The van der Waals surface area contributed by atoms with Crippen molar-refractivity contribution in [2.45, 2.75) is 45.1 Å². The second-order valence-electron chi connectivity index (χ2n) is 6.98. The van der Waals surface area contributed by atoms with Crippen LogP contribution in [0.2, 0.25) is 0 Å². The molecule has 0 saturated carbocycles. The van der Waals surface area contributed by atoms with Crippen LogP contribution in [0.4, 0.5) is 0 Å². The zero-order valence-corrected chi connectivity index (χ0v) is 18.5. The van der Waals surface area contributed by atoms with Gasteiger partial charge in [0, 0.05) is 32.2 Å². The Kier molecular flexibility index (Phi) is 9.27. The van der Waals surface area contributed by atoms with Crippen molar-refractivity contribution in [1.82, 2.24) is 14.5 Å². The van der Waals surface area contributed by atoms with Gasteiger partial charge in [0.25, 0.3) is 5.91 Å². The molecule has 0 fully saturated rings. The topological polar surface area (TPSA) is 111 Å². The van der Waals surface area contributed by atoms with E-state index < -0.39 is 22.0 Å². The van der Waals surface area contributed by atoms with Crippen LogP contribution in [0.3, 0.4) is 0 Å². The number of benzene rings is 1. The van der Waals surface area contributed by atoms with Crippen LogP contribution in [0.5, 0.6) is 0 Å². The Bertz CT molecular complexity index is 857. The number of rotatable bonds is 10. The lowest BCUT2D eigenvalue weighted by Gasteiger charge is -2.26. The number of hydrogen-bond donors (Lipinski definition) is 1. The normalized spacial score (nSPS) is 12.5. The number of nitrogens with zero attached hydrogens (tertiary/aromatic N) is 3. The Balaban J connectivity index is 3.09. The molecule has 160 valence electrons. The molecule has 29 heavy (non-hydrogen) atoms. The fraction of sp³-hybridized carbons (Fsp3) is 0.550. The van der Waals surface area contributed by atoms with Gasteiger partial charge in [0.2, 0.25) is 15.9 Å². The molecule has 1 atom stereocenters. The Labute approximate surface area is 173 Å². The number of nitrogens with one attached hydrogen (secondary N) is 1. The summed E-state index contributed by atoms with van der Waals surface area (Å²) in [4.78, 5) is 26.8. The molecule has 9 heteroatoms. The second kappa shape index (κ2) is 10.9. The summed E-state index contributed by atoms with van der Waals surface area (Å²) in [6.45, 7) is 8.04. The van der Waals surface area contributed by atoms with Gasteiger partial charge in [-0.15, -0.1) is 0 Å². The minimum Gasteiger partial charge on any atom is -0.343 e. The van der Waals surface area contributed by atoms with Crippen molar-refractivity contribution in [3.8, 4) is 6.07 Å². The molecule has 0 aliphatic rings. The Hall–Kier alpha value is -2.44. The first kappa shape index (κ1) is 24.6. The van der Waals surface area contributed by atoms with Crippen molar-refractivity contribution in [2.75, 3.05) is 26.7 Å². The molecular formula is C20H30N4O4S. The molecule has 1 rings (SSSR count). The number of carbonyl (C=O) groups is 2. The number of hydrogen-bond acceptors (Lipinski definition) is 5. The van der Waals surface area contributed by atoms with E-state index >= 15 is 0 Å². The van der Waals surface area contributed by atoms with Crippen LogP contribution >= 0.6 is 0 Å². The highest BCUT2D eigenvalue weighted by molar-refractivity contribution is 7.89. The smallest absolute Gasteiger partial charge is 0.251 e. The van der Waals surface area contributed by atoms with Gasteiger partial charge in [0.05, 0.1) is 17.4 Å². The average Bonchev–Trinajstić information content (AvgIpc) is 2.70. The van der Waals surface area contributed by atoms with Gasteiger partial charge < -0.3 is 10.2 Å². The summed E-state index contributed by atoms with van der Waals surface area (Å²) in [7, 11) is -2.11. The summed E-state index contributed by atoms with van der Waals surface area (Å²) in [5.41, 5.74) is 0.163. The van der Waals surface area contributed by atoms with E-state index in [9.17, 15) is 18.0 Å². The number of sulfonamides is 1. The Morgan fingerprint density at radius 1 is 1.21 bits per heavy atom. The fourth-order valence-electron chi connectivity index (χ4n) is 2.81. The maximum Gasteiger partial charge on any atom is 0.251 e. The van der Waals surface area contributed by atoms with E-state index in [1.807, 2.05) is 19.9 Å². The highest BCUT2D eigenvalue weighted by atomic mass is 32.2. The SMILES string of the molecule is CCN(CC)S(=O)(=O)c1cccc(C(=O)NC(C(=O)N(C)CCC#N)C(C)C)c1. The molecule has 0 radical (unpaired) electrons. The van der Waals surface area contributed by atoms with Gasteiger partial charge in [0.15, 0.2) is 0 Å². The van der Waals surface area contributed by atoms with Gasteiger partial charge in [0.1, 0.15) is 6.04 Å². The van der Waals surface area contributed by atoms with E-state index in [0.29, 0.717) is 13.1 Å². The first-order valence-electron chi connectivity index (χ1n) is 9.63. The van der Waals surface area contributed by atoms with Crippen molar-refractivity contribution < 1.29 is 18.0 Å². The first-order chi connectivity index (χ1) is 13.6. The number of likely N-dealkylation sites (N-methyl/N-ethyl adjacent to an activating group) is 1. The molecule has 2 amide bonds. The summed E-state index contributed by atoms with van der Waals surface area (Å²) in [6.07, 6.45) is 0.201. The molecule has 0 heterocycles. The van der Waals surface area contributed by atoms with Gasteiger partial charge in [-0.3, -0.25) is 9.59 Å². The molecule has 0 aliphatic heterocycles. The van der Waals surface area contributed by atoms with Gasteiger partial charge in [-0.2, -0.15) is 9.57 Å². The number of nitriles is 1. The average molecular weight is 423 g/mol. The molecule has 1 N–H and O–H groups in total. The maximum absolute atomic E-state index is 12.7. The minimum atomic E-state index is -3.69. The quantitative estimate of drug-likeness (QED) is 0.619. The monoisotopic (exact) mass is 422 g/mol. The largest absolute Gasteiger partial charge is 0.343 e. The number of amides is 2. The first-order valence-corrected chi connectivity index (χ1v) is 11.1. The van der Waals surface area contributed by atoms with Crippen LogP contribution in [-0.2, 0) is 14.8 Å². The van der Waals surface area contributed by atoms with Gasteiger partial charge in [-0.05, 0) is 24.1 Å². The molecule has 0 aliphatic carbocycles. The van der Waals surface area contributed by atoms with E-state index in [4.69, 9.17) is 5.26 Å². The lowest BCUT2D eigenvalue weighted by molar-refractivity contribution is -0.132.